The Hall–Kier alpha value is -1.13. The average molecular weight is 503 g/mol. The fourth-order valence-corrected chi connectivity index (χ4v) is 6.51. The number of pyridine rings is 2. The van der Waals surface area contributed by atoms with Crippen molar-refractivity contribution in [2.45, 2.75) is 17.3 Å². The molecule has 3 rings (SSSR count). The third kappa shape index (κ3) is 4.53. The summed E-state index contributed by atoms with van der Waals surface area (Å²) in [7, 11) is -3.69. The van der Waals surface area contributed by atoms with Crippen LogP contribution in [0.5, 0.6) is 0 Å². The van der Waals surface area contributed by atoms with Crippen LogP contribution in [0.15, 0.2) is 67.3 Å². The standard InChI is InChI=1S/C16H13Br2N3O2S2/c17-14-9-15(24-16(14)18)25(22,23)21(10-12-5-1-3-7-19-12)11-13-6-2-4-8-20-13/h1-9H,10-11H2. The highest BCUT2D eigenvalue weighted by Gasteiger charge is 2.28. The van der Waals surface area contributed by atoms with E-state index >= 15 is 0 Å². The maximum absolute atomic E-state index is 13.1. The summed E-state index contributed by atoms with van der Waals surface area (Å²) in [6, 6.07) is 12.5. The first-order valence-corrected chi connectivity index (χ1v) is 11.1. The van der Waals surface area contributed by atoms with Gasteiger partial charge in [-0.1, -0.05) is 12.1 Å². The Kier molecular flexibility index (Phi) is 6.00. The quantitative estimate of drug-likeness (QED) is 0.499. The third-order valence-corrected chi connectivity index (χ3v) is 8.84. The molecular weight excluding hydrogens is 490 g/mol. The van der Waals surface area contributed by atoms with E-state index in [1.807, 2.05) is 12.1 Å². The Bertz CT molecular complexity index is 887. The van der Waals surface area contributed by atoms with E-state index in [0.29, 0.717) is 15.9 Å². The molecule has 3 heterocycles. The molecule has 0 aliphatic rings. The minimum atomic E-state index is -3.69. The highest BCUT2D eigenvalue weighted by atomic mass is 79.9. The largest absolute Gasteiger partial charge is 0.260 e. The van der Waals surface area contributed by atoms with Gasteiger partial charge >= 0.3 is 0 Å². The van der Waals surface area contributed by atoms with Gasteiger partial charge in [-0.3, -0.25) is 9.97 Å². The molecule has 0 bridgehead atoms. The van der Waals surface area contributed by atoms with Gasteiger partial charge in [-0.05, 0) is 62.2 Å². The molecule has 5 nitrogen and oxygen atoms in total. The van der Waals surface area contributed by atoms with Crippen LogP contribution in [0.4, 0.5) is 0 Å². The van der Waals surface area contributed by atoms with Crippen molar-refractivity contribution in [3.63, 3.8) is 0 Å². The number of hydrogen-bond acceptors (Lipinski definition) is 5. The van der Waals surface area contributed by atoms with Gasteiger partial charge in [0, 0.05) is 16.9 Å². The highest BCUT2D eigenvalue weighted by molar-refractivity contribution is 9.13. The van der Waals surface area contributed by atoms with E-state index in [4.69, 9.17) is 0 Å². The first kappa shape index (κ1) is 18.7. The van der Waals surface area contributed by atoms with Gasteiger partial charge in [-0.2, -0.15) is 4.31 Å². The van der Waals surface area contributed by atoms with Crippen molar-refractivity contribution in [3.8, 4) is 0 Å². The Morgan fingerprint density at radius 2 is 1.52 bits per heavy atom. The van der Waals surface area contributed by atoms with Crippen LogP contribution in [0.25, 0.3) is 0 Å². The molecule has 25 heavy (non-hydrogen) atoms. The Morgan fingerprint density at radius 1 is 0.960 bits per heavy atom. The first-order valence-electron chi connectivity index (χ1n) is 7.21. The first-order chi connectivity index (χ1) is 12.0. The van der Waals surface area contributed by atoms with Crippen LogP contribution in [0.2, 0.25) is 0 Å². The normalized spacial score (nSPS) is 11.8. The summed E-state index contributed by atoms with van der Waals surface area (Å²) in [5.74, 6) is 0. The number of hydrogen-bond donors (Lipinski definition) is 0. The molecule has 0 aliphatic carbocycles. The van der Waals surface area contributed by atoms with Crippen molar-refractivity contribution in [3.05, 3.63) is 74.5 Å². The second-order valence-electron chi connectivity index (χ2n) is 5.10. The summed E-state index contributed by atoms with van der Waals surface area (Å²) in [5, 5.41) is 0. The third-order valence-electron chi connectivity index (χ3n) is 3.35. The molecule has 0 fully saturated rings. The number of halogens is 2. The van der Waals surface area contributed by atoms with Gasteiger partial charge in [0.05, 0.1) is 28.3 Å². The average Bonchev–Trinajstić information content (AvgIpc) is 2.96. The van der Waals surface area contributed by atoms with E-state index in [9.17, 15) is 8.42 Å². The minimum Gasteiger partial charge on any atom is -0.260 e. The van der Waals surface area contributed by atoms with Crippen molar-refractivity contribution < 1.29 is 8.42 Å². The lowest BCUT2D eigenvalue weighted by Gasteiger charge is -2.20. The molecule has 3 aromatic rings. The van der Waals surface area contributed by atoms with Gasteiger partial charge in [0.25, 0.3) is 10.0 Å². The SMILES string of the molecule is O=S(=O)(c1cc(Br)c(Br)s1)N(Cc1ccccn1)Cc1ccccn1. The minimum absolute atomic E-state index is 0.173. The summed E-state index contributed by atoms with van der Waals surface area (Å²) < 4.78 is 29.4. The molecule has 0 amide bonds. The van der Waals surface area contributed by atoms with Crippen LogP contribution in [0.1, 0.15) is 11.4 Å². The van der Waals surface area contributed by atoms with Gasteiger partial charge in [0.2, 0.25) is 0 Å². The smallest absolute Gasteiger partial charge is 0.253 e. The highest BCUT2D eigenvalue weighted by Crippen LogP contribution is 2.36. The topological polar surface area (TPSA) is 63.2 Å². The number of thiophene rings is 1. The van der Waals surface area contributed by atoms with E-state index in [-0.39, 0.29) is 17.3 Å². The number of aromatic nitrogens is 2. The van der Waals surface area contributed by atoms with E-state index in [0.717, 1.165) is 3.79 Å². The van der Waals surface area contributed by atoms with E-state index in [1.165, 1.54) is 15.6 Å². The molecule has 3 aromatic heterocycles. The predicted molar refractivity (Wildman–Crippen MR) is 105 cm³/mol. The van der Waals surface area contributed by atoms with Gasteiger partial charge < -0.3 is 0 Å². The van der Waals surface area contributed by atoms with Gasteiger partial charge in [-0.25, -0.2) is 8.42 Å². The summed E-state index contributed by atoms with van der Waals surface area (Å²) in [5.41, 5.74) is 1.35. The lowest BCUT2D eigenvalue weighted by Crippen LogP contribution is -2.30. The predicted octanol–water partition coefficient (Wildman–Crippen LogP) is 4.45. The van der Waals surface area contributed by atoms with Crippen LogP contribution in [0.3, 0.4) is 0 Å². The van der Waals surface area contributed by atoms with Crippen LogP contribution >= 0.6 is 43.2 Å². The molecule has 0 radical (unpaired) electrons. The molecule has 0 spiro atoms. The lowest BCUT2D eigenvalue weighted by molar-refractivity contribution is 0.394. The summed E-state index contributed by atoms with van der Waals surface area (Å²) >= 11 is 7.87. The zero-order valence-electron chi connectivity index (χ0n) is 12.8. The summed E-state index contributed by atoms with van der Waals surface area (Å²) in [4.78, 5) is 8.50. The van der Waals surface area contributed by atoms with Gasteiger partial charge in [0.1, 0.15) is 4.21 Å². The monoisotopic (exact) mass is 501 g/mol. The second kappa shape index (κ2) is 8.05. The van der Waals surface area contributed by atoms with Crippen LogP contribution in [-0.2, 0) is 23.1 Å². The lowest BCUT2D eigenvalue weighted by atomic mass is 10.3. The number of nitrogens with zero attached hydrogens (tertiary/aromatic N) is 3. The number of sulfonamides is 1. The Morgan fingerprint density at radius 3 is 1.92 bits per heavy atom. The maximum atomic E-state index is 13.1. The zero-order valence-corrected chi connectivity index (χ0v) is 17.6. The second-order valence-corrected chi connectivity index (χ2v) is 10.5. The van der Waals surface area contributed by atoms with E-state index in [1.54, 1.807) is 42.7 Å². The molecule has 130 valence electrons. The van der Waals surface area contributed by atoms with Crippen molar-refractivity contribution in [1.82, 2.24) is 14.3 Å². The molecule has 0 N–H and O–H groups in total. The Balaban J connectivity index is 1.97. The van der Waals surface area contributed by atoms with Crippen LogP contribution in [-0.4, -0.2) is 22.7 Å². The van der Waals surface area contributed by atoms with E-state index in [2.05, 4.69) is 41.8 Å². The molecule has 0 aromatic carbocycles. The fraction of sp³-hybridized carbons (Fsp3) is 0.125. The number of rotatable bonds is 6. The summed E-state index contributed by atoms with van der Waals surface area (Å²) in [6.45, 7) is 0.347. The van der Waals surface area contributed by atoms with Crippen molar-refractivity contribution in [2.75, 3.05) is 0 Å². The van der Waals surface area contributed by atoms with Gasteiger partial charge in [0.15, 0.2) is 0 Å². The van der Waals surface area contributed by atoms with Crippen LogP contribution < -0.4 is 0 Å². The zero-order chi connectivity index (χ0) is 17.9. The molecule has 0 unspecified atom stereocenters. The van der Waals surface area contributed by atoms with E-state index < -0.39 is 10.0 Å². The van der Waals surface area contributed by atoms with Crippen molar-refractivity contribution in [1.29, 1.82) is 0 Å². The van der Waals surface area contributed by atoms with Crippen LogP contribution in [0, 0.1) is 0 Å². The molecule has 0 aliphatic heterocycles. The fourth-order valence-electron chi connectivity index (χ4n) is 2.15. The van der Waals surface area contributed by atoms with Gasteiger partial charge in [-0.15, -0.1) is 11.3 Å². The van der Waals surface area contributed by atoms with Crippen molar-refractivity contribution >= 4 is 53.2 Å². The molecular formula is C16H13Br2N3O2S2. The maximum Gasteiger partial charge on any atom is 0.253 e. The molecule has 0 atom stereocenters. The molecule has 0 saturated heterocycles. The summed E-state index contributed by atoms with van der Waals surface area (Å²) in [6.07, 6.45) is 3.30. The molecule has 9 heteroatoms. The molecule has 0 saturated carbocycles. The van der Waals surface area contributed by atoms with Crippen molar-refractivity contribution in [2.24, 2.45) is 0 Å². The Labute approximate surface area is 167 Å².